The molecular weight excluding hydrogens is 474 g/mol. The summed E-state index contributed by atoms with van der Waals surface area (Å²) in [5, 5.41) is 2.94. The second kappa shape index (κ2) is 10.3. The van der Waals surface area contributed by atoms with Crippen molar-refractivity contribution in [2.24, 2.45) is 0 Å². The van der Waals surface area contributed by atoms with Crippen LogP contribution in [0.1, 0.15) is 29.5 Å². The molecule has 8 heteroatoms. The van der Waals surface area contributed by atoms with Gasteiger partial charge in [-0.15, -0.1) is 0 Å². The van der Waals surface area contributed by atoms with Crippen molar-refractivity contribution >= 4 is 21.6 Å². The average molecular weight is 506 g/mol. The highest BCUT2D eigenvalue weighted by Crippen LogP contribution is 2.37. The fourth-order valence-electron chi connectivity index (χ4n) is 4.79. The number of fused-ring (bicyclic) bond motifs is 1. The number of nitrogens with zero attached hydrogens (tertiary/aromatic N) is 2. The molecule has 2 aliphatic rings. The zero-order valence-electron chi connectivity index (χ0n) is 20.4. The van der Waals surface area contributed by atoms with Gasteiger partial charge >= 0.3 is 0 Å². The molecule has 0 radical (unpaired) electrons. The van der Waals surface area contributed by atoms with Gasteiger partial charge < -0.3 is 10.1 Å². The first-order chi connectivity index (χ1) is 17.4. The van der Waals surface area contributed by atoms with E-state index >= 15 is 0 Å². The number of hydrogen-bond donors (Lipinski definition) is 1. The summed E-state index contributed by atoms with van der Waals surface area (Å²) in [5.74, 6) is 0.0264. The molecule has 0 bridgehead atoms. The van der Waals surface area contributed by atoms with Crippen molar-refractivity contribution in [1.82, 2.24) is 10.2 Å². The molecule has 1 unspecified atom stereocenters. The number of amides is 1. The van der Waals surface area contributed by atoms with Crippen LogP contribution in [0, 0.1) is 6.92 Å². The summed E-state index contributed by atoms with van der Waals surface area (Å²) in [5.41, 5.74) is 3.57. The SMILES string of the molecule is Cc1ccc2c(c1)N(S(=O)(=O)c1ccccc1)CC(C(=O)NCc1cccc(CN3CCCC3)c1)O2. The second-order valence-electron chi connectivity index (χ2n) is 9.45. The van der Waals surface area contributed by atoms with Gasteiger partial charge in [0.25, 0.3) is 15.9 Å². The second-order valence-corrected chi connectivity index (χ2v) is 11.3. The van der Waals surface area contributed by atoms with Gasteiger partial charge in [-0.2, -0.15) is 0 Å². The van der Waals surface area contributed by atoms with E-state index in [1.54, 1.807) is 42.5 Å². The van der Waals surface area contributed by atoms with Crippen LogP contribution in [0.3, 0.4) is 0 Å². The number of ether oxygens (including phenoxy) is 1. The minimum Gasteiger partial charge on any atom is -0.476 e. The van der Waals surface area contributed by atoms with Gasteiger partial charge in [0.1, 0.15) is 5.75 Å². The minimum atomic E-state index is -3.87. The number of benzene rings is 3. The number of hydrogen-bond acceptors (Lipinski definition) is 5. The molecule has 2 aliphatic heterocycles. The Labute approximate surface area is 212 Å². The van der Waals surface area contributed by atoms with Crippen LogP contribution in [-0.4, -0.2) is 45.0 Å². The molecule has 3 aromatic rings. The van der Waals surface area contributed by atoms with Crippen LogP contribution in [0.4, 0.5) is 5.69 Å². The van der Waals surface area contributed by atoms with Gasteiger partial charge in [0, 0.05) is 13.1 Å². The highest BCUT2D eigenvalue weighted by molar-refractivity contribution is 7.92. The molecule has 3 aromatic carbocycles. The molecule has 0 saturated carbocycles. The predicted octanol–water partition coefficient (Wildman–Crippen LogP) is 3.86. The predicted molar refractivity (Wildman–Crippen MR) is 139 cm³/mol. The van der Waals surface area contributed by atoms with Crippen molar-refractivity contribution in [3.05, 3.63) is 89.5 Å². The van der Waals surface area contributed by atoms with E-state index in [4.69, 9.17) is 4.74 Å². The molecule has 1 fully saturated rings. The molecule has 188 valence electrons. The third kappa shape index (κ3) is 5.24. The first kappa shape index (κ1) is 24.3. The Hall–Kier alpha value is -3.36. The zero-order valence-corrected chi connectivity index (χ0v) is 21.2. The quantitative estimate of drug-likeness (QED) is 0.528. The van der Waals surface area contributed by atoms with Crippen LogP contribution in [0.15, 0.2) is 77.7 Å². The lowest BCUT2D eigenvalue weighted by molar-refractivity contribution is -0.127. The van der Waals surface area contributed by atoms with E-state index in [2.05, 4.69) is 22.3 Å². The maximum absolute atomic E-state index is 13.5. The maximum Gasteiger partial charge on any atom is 0.264 e. The Morgan fingerprint density at radius 3 is 2.50 bits per heavy atom. The summed E-state index contributed by atoms with van der Waals surface area (Å²) in [4.78, 5) is 15.8. The highest BCUT2D eigenvalue weighted by Gasteiger charge is 2.37. The third-order valence-corrected chi connectivity index (χ3v) is 8.46. The van der Waals surface area contributed by atoms with Gasteiger partial charge in [-0.05, 0) is 73.8 Å². The summed E-state index contributed by atoms with van der Waals surface area (Å²) in [7, 11) is -3.87. The van der Waals surface area contributed by atoms with Gasteiger partial charge in [-0.1, -0.05) is 48.5 Å². The fourth-order valence-corrected chi connectivity index (χ4v) is 6.27. The van der Waals surface area contributed by atoms with E-state index in [0.717, 1.165) is 30.8 Å². The van der Waals surface area contributed by atoms with Crippen LogP contribution in [0.25, 0.3) is 0 Å². The normalized spacial score (nSPS) is 17.9. The van der Waals surface area contributed by atoms with Crippen LogP contribution in [0.5, 0.6) is 5.75 Å². The Kier molecular flexibility index (Phi) is 6.98. The van der Waals surface area contributed by atoms with Crippen molar-refractivity contribution in [2.75, 3.05) is 23.9 Å². The molecule has 36 heavy (non-hydrogen) atoms. The Morgan fingerprint density at radius 2 is 1.72 bits per heavy atom. The molecule has 2 heterocycles. The zero-order chi connectivity index (χ0) is 25.1. The van der Waals surface area contributed by atoms with Crippen molar-refractivity contribution in [1.29, 1.82) is 0 Å². The van der Waals surface area contributed by atoms with Crippen LogP contribution < -0.4 is 14.4 Å². The van der Waals surface area contributed by atoms with Crippen molar-refractivity contribution in [3.8, 4) is 5.75 Å². The van der Waals surface area contributed by atoms with Crippen LogP contribution in [0.2, 0.25) is 0 Å². The molecule has 7 nitrogen and oxygen atoms in total. The molecule has 1 atom stereocenters. The molecule has 5 rings (SSSR count). The van der Waals surface area contributed by atoms with E-state index in [1.807, 2.05) is 25.1 Å². The average Bonchev–Trinajstić information content (AvgIpc) is 3.40. The molecule has 1 N–H and O–H groups in total. The highest BCUT2D eigenvalue weighted by atomic mass is 32.2. The first-order valence-corrected chi connectivity index (χ1v) is 13.8. The number of likely N-dealkylation sites (tertiary alicyclic amines) is 1. The monoisotopic (exact) mass is 505 g/mol. The smallest absolute Gasteiger partial charge is 0.264 e. The molecule has 0 aliphatic carbocycles. The summed E-state index contributed by atoms with van der Waals surface area (Å²) in [6.45, 7) is 5.31. The minimum absolute atomic E-state index is 0.103. The van der Waals surface area contributed by atoms with Gasteiger partial charge in [0.2, 0.25) is 0 Å². The van der Waals surface area contributed by atoms with Crippen molar-refractivity contribution in [3.63, 3.8) is 0 Å². The van der Waals surface area contributed by atoms with Gasteiger partial charge in [0.05, 0.1) is 17.1 Å². The van der Waals surface area contributed by atoms with E-state index < -0.39 is 16.1 Å². The molecule has 1 saturated heterocycles. The van der Waals surface area contributed by atoms with E-state index in [-0.39, 0.29) is 17.3 Å². The largest absolute Gasteiger partial charge is 0.476 e. The molecular formula is C28H31N3O4S. The van der Waals surface area contributed by atoms with E-state index in [9.17, 15) is 13.2 Å². The third-order valence-electron chi connectivity index (χ3n) is 6.67. The molecule has 0 aromatic heterocycles. The van der Waals surface area contributed by atoms with Crippen LogP contribution >= 0.6 is 0 Å². The standard InChI is InChI=1S/C28H31N3O4S/c1-21-12-13-26-25(16-21)31(36(33,34)24-10-3-2-4-11-24)20-27(35-26)28(32)29-18-22-8-7-9-23(17-22)19-30-14-5-6-15-30/h2-4,7-13,16-17,27H,5-6,14-15,18-20H2,1H3,(H,29,32). The fraction of sp³-hybridized carbons (Fsp3) is 0.321. The van der Waals surface area contributed by atoms with Gasteiger partial charge in [-0.25, -0.2) is 8.42 Å². The Balaban J connectivity index is 1.32. The maximum atomic E-state index is 13.5. The number of rotatable bonds is 7. The number of aryl methyl sites for hydroxylation is 1. The summed E-state index contributed by atoms with van der Waals surface area (Å²) in [6, 6.07) is 21.8. The summed E-state index contributed by atoms with van der Waals surface area (Å²) < 4.78 is 34.3. The van der Waals surface area contributed by atoms with Crippen molar-refractivity contribution < 1.29 is 17.9 Å². The Bertz CT molecular complexity index is 1340. The topological polar surface area (TPSA) is 79.0 Å². The lowest BCUT2D eigenvalue weighted by Crippen LogP contribution is -2.50. The molecule has 1 amide bonds. The van der Waals surface area contributed by atoms with E-state index in [1.165, 1.54) is 22.7 Å². The van der Waals surface area contributed by atoms with Crippen molar-refractivity contribution in [2.45, 2.75) is 43.9 Å². The summed E-state index contributed by atoms with van der Waals surface area (Å²) in [6.07, 6.45) is 1.53. The van der Waals surface area contributed by atoms with Gasteiger partial charge in [0.15, 0.2) is 6.10 Å². The lowest BCUT2D eigenvalue weighted by Gasteiger charge is -2.35. The number of carbonyl (C=O) groups is 1. The first-order valence-electron chi connectivity index (χ1n) is 12.3. The number of carbonyl (C=O) groups excluding carboxylic acids is 1. The lowest BCUT2D eigenvalue weighted by atomic mass is 10.1. The number of nitrogens with one attached hydrogen (secondary N) is 1. The van der Waals surface area contributed by atoms with E-state index in [0.29, 0.717) is 18.0 Å². The molecule has 0 spiro atoms. The Morgan fingerprint density at radius 1 is 0.972 bits per heavy atom. The number of sulfonamides is 1. The number of anilines is 1. The van der Waals surface area contributed by atoms with Gasteiger partial charge in [-0.3, -0.25) is 14.0 Å². The summed E-state index contributed by atoms with van der Waals surface area (Å²) >= 11 is 0. The van der Waals surface area contributed by atoms with Crippen LogP contribution in [-0.2, 0) is 27.9 Å².